The van der Waals surface area contributed by atoms with Gasteiger partial charge >= 0.3 is 6.09 Å². The van der Waals surface area contributed by atoms with E-state index in [-0.39, 0.29) is 6.04 Å². The van der Waals surface area contributed by atoms with Crippen molar-refractivity contribution in [2.24, 2.45) is 0 Å². The van der Waals surface area contributed by atoms with Gasteiger partial charge in [0.2, 0.25) is 0 Å². The second-order valence-corrected chi connectivity index (χ2v) is 8.40. The molecule has 4 rings (SSSR count). The highest BCUT2D eigenvalue weighted by molar-refractivity contribution is 6.09. The molecule has 0 fully saturated rings. The van der Waals surface area contributed by atoms with Crippen LogP contribution in [0.2, 0.25) is 0 Å². The fourth-order valence-electron chi connectivity index (χ4n) is 3.78. The Kier molecular flexibility index (Phi) is 6.63. The average Bonchev–Trinajstić information content (AvgIpc) is 2.79. The molecule has 6 nitrogen and oxygen atoms in total. The van der Waals surface area contributed by atoms with Crippen LogP contribution in [-0.2, 0) is 11.2 Å². The van der Waals surface area contributed by atoms with Gasteiger partial charge in [0.1, 0.15) is 5.75 Å². The molecule has 1 heterocycles. The van der Waals surface area contributed by atoms with Gasteiger partial charge in [-0.3, -0.25) is 0 Å². The molecule has 0 atom stereocenters. The first kappa shape index (κ1) is 22.4. The minimum absolute atomic E-state index is 0.0531. The smallest absolute Gasteiger partial charge is 0.407 e. The van der Waals surface area contributed by atoms with E-state index < -0.39 is 6.09 Å². The molecule has 0 unspecified atom stereocenters. The Morgan fingerprint density at radius 2 is 1.76 bits per heavy atom. The summed E-state index contributed by atoms with van der Waals surface area (Å²) in [6.07, 6.45) is 0.240. The lowest BCUT2D eigenvalue weighted by molar-refractivity contribution is 0.145. The number of pyridine rings is 1. The van der Waals surface area contributed by atoms with Gasteiger partial charge in [0, 0.05) is 28.9 Å². The second-order valence-electron chi connectivity index (χ2n) is 8.40. The van der Waals surface area contributed by atoms with E-state index in [1.165, 1.54) is 5.56 Å². The summed E-state index contributed by atoms with van der Waals surface area (Å²) in [4.78, 5) is 16.6. The normalized spacial score (nSPS) is 11.1. The Morgan fingerprint density at radius 3 is 2.52 bits per heavy atom. The van der Waals surface area contributed by atoms with Crippen molar-refractivity contribution in [3.8, 4) is 5.75 Å². The molecule has 1 aromatic heterocycles. The van der Waals surface area contributed by atoms with Crippen molar-refractivity contribution in [1.29, 1.82) is 0 Å². The van der Waals surface area contributed by atoms with Crippen LogP contribution in [0.4, 0.5) is 16.2 Å². The topological polar surface area (TPSA) is 72.5 Å². The summed E-state index contributed by atoms with van der Waals surface area (Å²) >= 11 is 0. The van der Waals surface area contributed by atoms with Crippen LogP contribution in [0.5, 0.6) is 5.75 Å². The first-order chi connectivity index (χ1) is 15.9. The highest BCUT2D eigenvalue weighted by Gasteiger charge is 2.12. The molecular weight excluding hydrogens is 414 g/mol. The molecule has 0 bridgehead atoms. The molecule has 0 saturated carbocycles. The number of rotatable bonds is 7. The molecule has 3 aromatic carbocycles. The predicted octanol–water partition coefficient (Wildman–Crippen LogP) is 6.13. The molecule has 0 radical (unpaired) electrons. The fourth-order valence-corrected chi connectivity index (χ4v) is 3.78. The number of carbonyl (C=O) groups is 1. The van der Waals surface area contributed by atoms with Crippen LogP contribution in [0.1, 0.15) is 25.0 Å². The molecular formula is C27H29N3O3. The second kappa shape index (κ2) is 9.77. The molecule has 6 heteroatoms. The number of fused-ring (bicyclic) bond motifs is 2. The number of ether oxygens (including phenoxy) is 2. The highest BCUT2D eigenvalue weighted by Crippen LogP contribution is 2.35. The first-order valence-electron chi connectivity index (χ1n) is 11.1. The van der Waals surface area contributed by atoms with Gasteiger partial charge < -0.3 is 20.1 Å². The Balaban J connectivity index is 1.64. The number of aryl methyl sites for hydroxylation is 1. The van der Waals surface area contributed by atoms with Crippen LogP contribution in [0.15, 0.2) is 60.7 Å². The SMILES string of the molecule is COc1ccc2nc3ccc(C)cc3c(Nc3cccc(CCOC(=O)NC(C)C)c3)c2c1. The van der Waals surface area contributed by atoms with Crippen LogP contribution in [-0.4, -0.2) is 30.8 Å². The molecule has 170 valence electrons. The lowest BCUT2D eigenvalue weighted by Crippen LogP contribution is -2.31. The third-order valence-corrected chi connectivity index (χ3v) is 5.36. The molecule has 1 amide bonds. The summed E-state index contributed by atoms with van der Waals surface area (Å²) in [5.74, 6) is 0.782. The number of hydrogen-bond acceptors (Lipinski definition) is 5. The zero-order valence-electron chi connectivity index (χ0n) is 19.4. The predicted molar refractivity (Wildman–Crippen MR) is 134 cm³/mol. The first-order valence-corrected chi connectivity index (χ1v) is 11.1. The third kappa shape index (κ3) is 5.34. The lowest BCUT2D eigenvalue weighted by Gasteiger charge is -2.15. The highest BCUT2D eigenvalue weighted by atomic mass is 16.5. The molecule has 0 aliphatic carbocycles. The van der Waals surface area contributed by atoms with Gasteiger partial charge in [0.25, 0.3) is 0 Å². The summed E-state index contributed by atoms with van der Waals surface area (Å²) < 4.78 is 10.7. The number of aromatic nitrogens is 1. The molecule has 0 saturated heterocycles. The van der Waals surface area contributed by atoms with Gasteiger partial charge in [-0.2, -0.15) is 0 Å². The number of benzene rings is 3. The van der Waals surface area contributed by atoms with Crippen molar-refractivity contribution < 1.29 is 14.3 Å². The lowest BCUT2D eigenvalue weighted by atomic mass is 10.0. The number of nitrogens with zero attached hydrogens (tertiary/aromatic N) is 1. The monoisotopic (exact) mass is 443 g/mol. The van der Waals surface area contributed by atoms with Crippen LogP contribution in [0.3, 0.4) is 0 Å². The summed E-state index contributed by atoms with van der Waals surface area (Å²) in [5, 5.41) is 8.39. The molecule has 0 aliphatic rings. The van der Waals surface area contributed by atoms with Gasteiger partial charge in [0.15, 0.2) is 0 Å². The van der Waals surface area contributed by atoms with E-state index in [1.807, 2.05) is 50.2 Å². The third-order valence-electron chi connectivity index (χ3n) is 5.36. The molecule has 33 heavy (non-hydrogen) atoms. The maximum absolute atomic E-state index is 11.7. The van der Waals surface area contributed by atoms with Crippen LogP contribution in [0.25, 0.3) is 21.8 Å². The van der Waals surface area contributed by atoms with Crippen molar-refractivity contribution in [2.45, 2.75) is 33.2 Å². The quantitative estimate of drug-likeness (QED) is 0.336. The Bertz CT molecular complexity index is 1300. The zero-order chi connectivity index (χ0) is 23.4. The molecule has 2 N–H and O–H groups in total. The minimum Gasteiger partial charge on any atom is -0.497 e. The van der Waals surface area contributed by atoms with Crippen LogP contribution >= 0.6 is 0 Å². The van der Waals surface area contributed by atoms with Crippen LogP contribution < -0.4 is 15.4 Å². The number of methoxy groups -OCH3 is 1. The van der Waals surface area contributed by atoms with Gasteiger partial charge in [0.05, 0.1) is 30.4 Å². The van der Waals surface area contributed by atoms with E-state index in [0.717, 1.165) is 44.5 Å². The van der Waals surface area contributed by atoms with E-state index in [0.29, 0.717) is 13.0 Å². The van der Waals surface area contributed by atoms with Gasteiger partial charge in [-0.25, -0.2) is 9.78 Å². The summed E-state index contributed by atoms with van der Waals surface area (Å²) in [6.45, 7) is 6.20. The van der Waals surface area contributed by atoms with Gasteiger partial charge in [-0.15, -0.1) is 0 Å². The van der Waals surface area contributed by atoms with Crippen molar-refractivity contribution in [3.05, 3.63) is 71.8 Å². The Hall–Kier alpha value is -3.80. The summed E-state index contributed by atoms with van der Waals surface area (Å²) in [6, 6.07) is 20.4. The van der Waals surface area contributed by atoms with E-state index >= 15 is 0 Å². The standard InChI is InChI=1S/C27H29N3O3/c1-17(2)28-27(31)33-13-12-19-6-5-7-20(15-19)29-26-22-14-18(3)8-10-24(22)30-25-11-9-21(32-4)16-23(25)26/h5-11,14-17H,12-13H2,1-4H3,(H,28,31)(H,29,30). The maximum Gasteiger partial charge on any atom is 0.407 e. The van der Waals surface area contributed by atoms with E-state index in [2.05, 4.69) is 41.8 Å². The summed E-state index contributed by atoms with van der Waals surface area (Å²) in [7, 11) is 1.67. The van der Waals surface area contributed by atoms with Crippen molar-refractivity contribution >= 4 is 39.3 Å². The fraction of sp³-hybridized carbons (Fsp3) is 0.259. The largest absolute Gasteiger partial charge is 0.497 e. The molecule has 0 spiro atoms. The van der Waals surface area contributed by atoms with E-state index in [4.69, 9.17) is 14.5 Å². The number of anilines is 2. The molecule has 0 aliphatic heterocycles. The van der Waals surface area contributed by atoms with Gasteiger partial charge in [-0.05, 0) is 68.8 Å². The number of nitrogens with one attached hydrogen (secondary N) is 2. The minimum atomic E-state index is -0.390. The Labute approximate surface area is 193 Å². The van der Waals surface area contributed by atoms with Gasteiger partial charge in [-0.1, -0.05) is 23.8 Å². The van der Waals surface area contributed by atoms with Crippen molar-refractivity contribution in [1.82, 2.24) is 10.3 Å². The van der Waals surface area contributed by atoms with E-state index in [9.17, 15) is 4.79 Å². The number of alkyl carbamates (subject to hydrolysis) is 1. The number of carbonyl (C=O) groups excluding carboxylic acids is 1. The van der Waals surface area contributed by atoms with E-state index in [1.54, 1.807) is 7.11 Å². The average molecular weight is 444 g/mol. The Morgan fingerprint density at radius 1 is 1.00 bits per heavy atom. The number of amides is 1. The van der Waals surface area contributed by atoms with Crippen LogP contribution in [0, 0.1) is 6.92 Å². The molecule has 4 aromatic rings. The van der Waals surface area contributed by atoms with Crippen molar-refractivity contribution in [3.63, 3.8) is 0 Å². The van der Waals surface area contributed by atoms with Crippen molar-refractivity contribution in [2.75, 3.05) is 19.0 Å². The summed E-state index contributed by atoms with van der Waals surface area (Å²) in [5.41, 5.74) is 6.02. The maximum atomic E-state index is 11.7. The number of hydrogen-bond donors (Lipinski definition) is 2. The zero-order valence-corrected chi connectivity index (χ0v) is 19.4.